The predicted molar refractivity (Wildman–Crippen MR) is 84.5 cm³/mol. The average Bonchev–Trinajstić information content (AvgIpc) is 3.01. The summed E-state index contributed by atoms with van der Waals surface area (Å²) in [6.07, 6.45) is -1.12. The molecule has 132 valence electrons. The van der Waals surface area contributed by atoms with Crippen LogP contribution in [0.15, 0.2) is 6.33 Å². The number of hydrogen-bond acceptors (Lipinski definition) is 8. The van der Waals surface area contributed by atoms with Crippen molar-refractivity contribution in [2.45, 2.75) is 24.9 Å². The normalized spacial score (nSPS) is 24.7. The highest BCUT2D eigenvalue weighted by atomic mass is 32.1. The molecule has 0 bridgehead atoms. The molecule has 1 aliphatic rings. The molecule has 2 aromatic heterocycles. The minimum Gasteiger partial charge on any atom is -0.390 e. The van der Waals surface area contributed by atoms with Gasteiger partial charge in [0.25, 0.3) is 0 Å². The summed E-state index contributed by atoms with van der Waals surface area (Å²) < 4.78 is 23.3. The molecule has 0 aliphatic carbocycles. The van der Waals surface area contributed by atoms with E-state index in [4.69, 9.17) is 37.2 Å². The van der Waals surface area contributed by atoms with Crippen LogP contribution in [0.3, 0.4) is 0 Å². The van der Waals surface area contributed by atoms with E-state index in [-0.39, 0.29) is 23.6 Å². The third kappa shape index (κ3) is 3.64. The Morgan fingerprint density at radius 2 is 2.33 bits per heavy atom. The quantitative estimate of drug-likeness (QED) is 0.349. The summed E-state index contributed by atoms with van der Waals surface area (Å²) in [6, 6.07) is 0. The van der Waals surface area contributed by atoms with Gasteiger partial charge in [0.05, 0.1) is 19.0 Å². The van der Waals surface area contributed by atoms with Crippen molar-refractivity contribution < 1.29 is 28.9 Å². The molecule has 24 heavy (non-hydrogen) atoms. The monoisotopic (exact) mass is 377 g/mol. The highest BCUT2D eigenvalue weighted by molar-refractivity contribution is 7.71. The lowest BCUT2D eigenvalue weighted by molar-refractivity contribution is -0.0563. The number of aromatic nitrogens is 4. The Kier molecular flexibility index (Phi) is 4.71. The zero-order chi connectivity index (χ0) is 17.5. The molecular formula is C11H16N5O6PS. The van der Waals surface area contributed by atoms with Crippen LogP contribution in [0.4, 0.5) is 5.95 Å². The molecule has 3 atom stereocenters. The van der Waals surface area contributed by atoms with Gasteiger partial charge in [0, 0.05) is 6.42 Å². The van der Waals surface area contributed by atoms with Gasteiger partial charge in [-0.25, -0.2) is 9.97 Å². The van der Waals surface area contributed by atoms with Crippen LogP contribution in [0.5, 0.6) is 0 Å². The van der Waals surface area contributed by atoms with E-state index in [9.17, 15) is 9.67 Å². The number of nitrogen functional groups attached to an aromatic ring is 1. The fourth-order valence-corrected chi connectivity index (χ4v) is 3.09. The molecule has 0 amide bonds. The highest BCUT2D eigenvalue weighted by Crippen LogP contribution is 2.35. The second-order valence-corrected chi connectivity index (χ2v) is 7.35. The summed E-state index contributed by atoms with van der Waals surface area (Å²) >= 11 is 5.10. The maximum Gasteiger partial charge on any atom is 0.350 e. The van der Waals surface area contributed by atoms with Gasteiger partial charge in [0.2, 0.25) is 0 Å². The Balaban J connectivity index is 1.75. The Hall–Kier alpha value is -1.40. The van der Waals surface area contributed by atoms with Crippen LogP contribution in [0, 0.1) is 4.64 Å². The van der Waals surface area contributed by atoms with E-state index in [1.807, 2.05) is 0 Å². The fraction of sp³-hybridized carbons (Fsp3) is 0.545. The van der Waals surface area contributed by atoms with Gasteiger partial charge in [0.1, 0.15) is 29.8 Å². The molecule has 0 aromatic carbocycles. The largest absolute Gasteiger partial charge is 0.390 e. The second-order valence-electron chi connectivity index (χ2n) is 5.37. The number of aliphatic hydroxyl groups is 1. The van der Waals surface area contributed by atoms with E-state index < -0.39 is 32.4 Å². The number of nitrogens with one attached hydrogen (secondary N) is 1. The zero-order valence-corrected chi connectivity index (χ0v) is 14.0. The Morgan fingerprint density at radius 3 is 3.04 bits per heavy atom. The van der Waals surface area contributed by atoms with Gasteiger partial charge in [-0.1, -0.05) is 12.2 Å². The van der Waals surface area contributed by atoms with Crippen LogP contribution < -0.4 is 5.73 Å². The molecule has 0 radical (unpaired) electrons. The smallest absolute Gasteiger partial charge is 0.350 e. The van der Waals surface area contributed by atoms with Crippen molar-refractivity contribution in [1.29, 1.82) is 0 Å². The van der Waals surface area contributed by atoms with Gasteiger partial charge in [-0.05, 0) is 0 Å². The van der Waals surface area contributed by atoms with E-state index in [0.29, 0.717) is 11.2 Å². The minimum atomic E-state index is -4.26. The molecule has 6 N–H and O–H groups in total. The summed E-state index contributed by atoms with van der Waals surface area (Å²) in [4.78, 5) is 28.5. The summed E-state index contributed by atoms with van der Waals surface area (Å²) in [5, 5.41) is 10.1. The van der Waals surface area contributed by atoms with E-state index in [1.54, 1.807) is 4.57 Å². The van der Waals surface area contributed by atoms with Gasteiger partial charge in [-0.15, -0.1) is 0 Å². The van der Waals surface area contributed by atoms with Gasteiger partial charge < -0.3 is 35.1 Å². The van der Waals surface area contributed by atoms with Crippen LogP contribution >= 0.6 is 19.8 Å². The maximum absolute atomic E-state index is 10.8. The molecule has 2 aromatic rings. The summed E-state index contributed by atoms with van der Waals surface area (Å²) in [5.74, 6) is 0.134. The second kappa shape index (κ2) is 6.48. The molecule has 0 saturated carbocycles. The molecule has 11 nitrogen and oxygen atoms in total. The third-order valence-corrected chi connectivity index (χ3v) is 4.32. The van der Waals surface area contributed by atoms with Crippen LogP contribution in [-0.4, -0.2) is 59.6 Å². The van der Waals surface area contributed by atoms with E-state index >= 15 is 0 Å². The SMILES string of the molecule is Nc1nc(=S)c2ncn([C@H]3C[C@H](O)[C@@H](COCP(=O)(O)O)O3)c2[nH]1. The van der Waals surface area contributed by atoms with Crippen molar-refractivity contribution >= 4 is 36.9 Å². The van der Waals surface area contributed by atoms with E-state index in [0.717, 1.165) is 0 Å². The Morgan fingerprint density at radius 1 is 1.58 bits per heavy atom. The molecule has 0 spiro atoms. The Labute approximate surface area is 140 Å². The lowest BCUT2D eigenvalue weighted by Gasteiger charge is -2.16. The van der Waals surface area contributed by atoms with Gasteiger partial charge in [-0.3, -0.25) is 9.13 Å². The Bertz CT molecular complexity index is 849. The number of anilines is 1. The lowest BCUT2D eigenvalue weighted by atomic mass is 10.2. The number of aromatic amines is 1. The first-order valence-corrected chi connectivity index (χ1v) is 9.13. The predicted octanol–water partition coefficient (Wildman–Crippen LogP) is -0.129. The van der Waals surface area contributed by atoms with Gasteiger partial charge >= 0.3 is 7.60 Å². The number of ether oxygens (including phenoxy) is 2. The third-order valence-electron chi connectivity index (χ3n) is 3.52. The molecule has 3 rings (SSSR count). The number of fused-ring (bicyclic) bond motifs is 1. The minimum absolute atomic E-state index is 0.134. The maximum atomic E-state index is 10.8. The average molecular weight is 377 g/mol. The molecule has 1 fully saturated rings. The summed E-state index contributed by atoms with van der Waals surface area (Å²) in [7, 11) is -4.26. The zero-order valence-electron chi connectivity index (χ0n) is 12.3. The van der Waals surface area contributed by atoms with Crippen LogP contribution in [0.25, 0.3) is 11.2 Å². The first-order valence-electron chi connectivity index (χ1n) is 6.93. The van der Waals surface area contributed by atoms with Crippen LogP contribution in [0.2, 0.25) is 0 Å². The number of hydrogen-bond donors (Lipinski definition) is 5. The van der Waals surface area contributed by atoms with Crippen LogP contribution in [-0.2, 0) is 14.0 Å². The van der Waals surface area contributed by atoms with Crippen molar-refractivity contribution in [2.75, 3.05) is 18.7 Å². The molecule has 13 heteroatoms. The molecule has 1 aliphatic heterocycles. The van der Waals surface area contributed by atoms with Gasteiger partial charge in [-0.2, -0.15) is 0 Å². The van der Waals surface area contributed by atoms with Crippen molar-refractivity contribution in [1.82, 2.24) is 19.5 Å². The lowest BCUT2D eigenvalue weighted by Crippen LogP contribution is -2.26. The molecule has 0 unspecified atom stereocenters. The van der Waals surface area contributed by atoms with Crippen molar-refractivity contribution in [2.24, 2.45) is 0 Å². The standard InChI is InChI=1S/C11H16N5O6PS/c12-11-14-9-8(10(24)15-11)13-3-16(9)7-1-5(17)6(22-7)2-21-4-23(18,19)20/h3,5-7,17H,1-2,4H2,(H2,18,19,20)(H3,12,14,15,24)/t5-,6+,7+/m0/s1. The number of nitrogens with two attached hydrogens (primary N) is 1. The highest BCUT2D eigenvalue weighted by Gasteiger charge is 2.36. The number of H-pyrrole nitrogens is 1. The number of aliphatic hydroxyl groups excluding tert-OH is 1. The summed E-state index contributed by atoms with van der Waals surface area (Å²) in [6.45, 7) is -0.144. The topological polar surface area (TPSA) is 169 Å². The number of rotatable bonds is 5. The van der Waals surface area contributed by atoms with Crippen molar-refractivity contribution in [3.8, 4) is 0 Å². The summed E-state index contributed by atoms with van der Waals surface area (Å²) in [5.41, 5.74) is 6.63. The molecule has 1 saturated heterocycles. The first-order chi connectivity index (χ1) is 11.2. The van der Waals surface area contributed by atoms with E-state index in [1.165, 1.54) is 6.33 Å². The molecule has 3 heterocycles. The van der Waals surface area contributed by atoms with Crippen molar-refractivity contribution in [3.05, 3.63) is 11.0 Å². The van der Waals surface area contributed by atoms with Gasteiger partial charge in [0.15, 0.2) is 10.6 Å². The fourth-order valence-electron chi connectivity index (χ4n) is 2.49. The van der Waals surface area contributed by atoms with Crippen LogP contribution in [0.1, 0.15) is 12.6 Å². The van der Waals surface area contributed by atoms with Crippen molar-refractivity contribution in [3.63, 3.8) is 0 Å². The first kappa shape index (κ1) is 17.4. The van der Waals surface area contributed by atoms with E-state index in [2.05, 4.69) is 15.0 Å². The number of nitrogens with zero attached hydrogens (tertiary/aromatic N) is 3. The molecular weight excluding hydrogens is 361 g/mol. The number of imidazole rings is 1.